The van der Waals surface area contributed by atoms with Gasteiger partial charge in [0.2, 0.25) is 0 Å². The lowest BCUT2D eigenvalue weighted by atomic mass is 10.0. The van der Waals surface area contributed by atoms with Gasteiger partial charge >= 0.3 is 0 Å². The number of rotatable bonds is 5. The highest BCUT2D eigenvalue weighted by atomic mass is 19.1. The molecule has 0 bridgehead atoms. The Balaban J connectivity index is 1.35. The largest absolute Gasteiger partial charge is 0.363 e. The Labute approximate surface area is 192 Å². The van der Waals surface area contributed by atoms with Crippen molar-refractivity contribution in [3.05, 3.63) is 108 Å². The lowest BCUT2D eigenvalue weighted by Crippen LogP contribution is -2.05. The van der Waals surface area contributed by atoms with E-state index in [1.54, 1.807) is 0 Å². The molecule has 3 aromatic carbocycles. The van der Waals surface area contributed by atoms with Crippen molar-refractivity contribution >= 4 is 16.6 Å². The van der Waals surface area contributed by atoms with E-state index in [1.165, 1.54) is 11.9 Å². The first kappa shape index (κ1) is 20.8. The van der Waals surface area contributed by atoms with Crippen LogP contribution in [0.4, 0.5) is 10.2 Å². The monoisotopic (exact) mass is 434 g/mol. The van der Waals surface area contributed by atoms with Gasteiger partial charge in [-0.3, -0.25) is 4.98 Å². The lowest BCUT2D eigenvalue weighted by Gasteiger charge is -2.11. The second-order valence-electron chi connectivity index (χ2n) is 8.19. The number of benzene rings is 3. The van der Waals surface area contributed by atoms with E-state index in [2.05, 4.69) is 57.5 Å². The van der Waals surface area contributed by atoms with Crippen LogP contribution in [0.3, 0.4) is 0 Å². The third-order valence-electron chi connectivity index (χ3n) is 5.70. The van der Waals surface area contributed by atoms with Crippen LogP contribution >= 0.6 is 0 Å². The summed E-state index contributed by atoms with van der Waals surface area (Å²) in [5.41, 5.74) is 6.47. The van der Waals surface area contributed by atoms with Crippen molar-refractivity contribution < 1.29 is 4.39 Å². The zero-order valence-electron chi connectivity index (χ0n) is 18.5. The topological polar surface area (TPSA) is 50.7 Å². The summed E-state index contributed by atoms with van der Waals surface area (Å²) < 4.78 is 15.3. The fourth-order valence-corrected chi connectivity index (χ4v) is 3.93. The molecule has 0 aliphatic carbocycles. The van der Waals surface area contributed by atoms with E-state index in [4.69, 9.17) is 0 Å². The van der Waals surface area contributed by atoms with Crippen LogP contribution in [0.15, 0.2) is 85.3 Å². The van der Waals surface area contributed by atoms with Crippen molar-refractivity contribution in [2.75, 3.05) is 5.32 Å². The maximum atomic E-state index is 15.3. The third kappa shape index (κ3) is 4.44. The molecule has 0 saturated carbocycles. The van der Waals surface area contributed by atoms with Crippen LogP contribution in [0.5, 0.6) is 0 Å². The van der Waals surface area contributed by atoms with Gasteiger partial charge in [-0.15, -0.1) is 0 Å². The molecule has 5 aromatic rings. The molecule has 162 valence electrons. The molecule has 0 unspecified atom stereocenters. The first-order valence-electron chi connectivity index (χ1n) is 10.8. The fraction of sp³-hybridized carbons (Fsp3) is 0.107. The van der Waals surface area contributed by atoms with Gasteiger partial charge in [-0.1, -0.05) is 60.2 Å². The SMILES string of the molecule is Cc1ccc2cc(-c3ncnc(NCc4ccc(-c5ccnc(C)c5)cc4)c3F)ccc2c1. The summed E-state index contributed by atoms with van der Waals surface area (Å²) in [7, 11) is 0. The Hall–Kier alpha value is -4.12. The van der Waals surface area contributed by atoms with E-state index in [0.717, 1.165) is 38.7 Å². The smallest absolute Gasteiger partial charge is 0.191 e. The Kier molecular flexibility index (Phi) is 5.53. The molecular weight excluding hydrogens is 411 g/mol. The molecular formula is C28H23FN4. The molecule has 0 spiro atoms. The van der Waals surface area contributed by atoms with Crippen LogP contribution in [0.25, 0.3) is 33.2 Å². The molecule has 2 aromatic heterocycles. The molecule has 33 heavy (non-hydrogen) atoms. The molecule has 0 saturated heterocycles. The van der Waals surface area contributed by atoms with Gasteiger partial charge in [0, 0.05) is 24.0 Å². The summed E-state index contributed by atoms with van der Waals surface area (Å²) in [5.74, 6) is -0.259. The summed E-state index contributed by atoms with van der Waals surface area (Å²) in [6.07, 6.45) is 3.21. The zero-order chi connectivity index (χ0) is 22.8. The second kappa shape index (κ2) is 8.79. The number of anilines is 1. The molecule has 0 aliphatic heterocycles. The molecule has 5 rings (SSSR count). The van der Waals surface area contributed by atoms with Gasteiger partial charge in [0.15, 0.2) is 11.6 Å². The number of fused-ring (bicyclic) bond motifs is 1. The molecule has 0 atom stereocenters. The van der Waals surface area contributed by atoms with Crippen LogP contribution < -0.4 is 5.32 Å². The van der Waals surface area contributed by atoms with Gasteiger partial charge in [0.25, 0.3) is 0 Å². The highest BCUT2D eigenvalue weighted by Crippen LogP contribution is 2.28. The number of hydrogen-bond donors (Lipinski definition) is 1. The van der Waals surface area contributed by atoms with Crippen molar-refractivity contribution in [2.24, 2.45) is 0 Å². The number of aromatic nitrogens is 3. The summed E-state index contributed by atoms with van der Waals surface area (Å²) >= 11 is 0. The van der Waals surface area contributed by atoms with E-state index in [1.807, 2.05) is 55.6 Å². The van der Waals surface area contributed by atoms with E-state index in [0.29, 0.717) is 12.2 Å². The summed E-state index contributed by atoms with van der Waals surface area (Å²) in [4.78, 5) is 12.6. The minimum absolute atomic E-state index is 0.192. The maximum absolute atomic E-state index is 15.3. The Morgan fingerprint density at radius 1 is 0.727 bits per heavy atom. The number of nitrogens with one attached hydrogen (secondary N) is 1. The molecule has 4 nitrogen and oxygen atoms in total. The van der Waals surface area contributed by atoms with Crippen LogP contribution in [0.2, 0.25) is 0 Å². The summed E-state index contributed by atoms with van der Waals surface area (Å²) in [5, 5.41) is 5.29. The van der Waals surface area contributed by atoms with Gasteiger partial charge < -0.3 is 5.32 Å². The molecule has 2 heterocycles. The van der Waals surface area contributed by atoms with Crippen molar-refractivity contribution in [1.82, 2.24) is 15.0 Å². The Bertz CT molecular complexity index is 1440. The zero-order valence-corrected chi connectivity index (χ0v) is 18.5. The summed E-state index contributed by atoms with van der Waals surface area (Å²) in [6, 6.07) is 24.3. The van der Waals surface area contributed by atoms with Crippen LogP contribution in [-0.4, -0.2) is 15.0 Å². The number of halogens is 1. The van der Waals surface area contributed by atoms with E-state index >= 15 is 4.39 Å². The minimum atomic E-state index is -0.451. The highest BCUT2D eigenvalue weighted by molar-refractivity contribution is 5.87. The number of pyridine rings is 1. The normalized spacial score (nSPS) is 11.0. The number of aryl methyl sites for hydroxylation is 2. The Morgan fingerprint density at radius 2 is 1.48 bits per heavy atom. The first-order chi connectivity index (χ1) is 16.1. The van der Waals surface area contributed by atoms with Gasteiger partial charge in [0.05, 0.1) is 0 Å². The van der Waals surface area contributed by atoms with Crippen LogP contribution in [-0.2, 0) is 6.54 Å². The lowest BCUT2D eigenvalue weighted by molar-refractivity contribution is 0.621. The van der Waals surface area contributed by atoms with Crippen LogP contribution in [0, 0.1) is 19.7 Å². The van der Waals surface area contributed by atoms with Gasteiger partial charge in [-0.2, -0.15) is 0 Å². The van der Waals surface area contributed by atoms with Crippen LogP contribution in [0.1, 0.15) is 16.8 Å². The van der Waals surface area contributed by atoms with Crippen molar-refractivity contribution in [3.8, 4) is 22.4 Å². The van der Waals surface area contributed by atoms with Gasteiger partial charge in [-0.25, -0.2) is 14.4 Å². The van der Waals surface area contributed by atoms with E-state index in [-0.39, 0.29) is 5.82 Å². The average molecular weight is 435 g/mol. The van der Waals surface area contributed by atoms with Crippen molar-refractivity contribution in [2.45, 2.75) is 20.4 Å². The van der Waals surface area contributed by atoms with E-state index < -0.39 is 5.82 Å². The third-order valence-corrected chi connectivity index (χ3v) is 5.70. The quantitative estimate of drug-likeness (QED) is 0.333. The molecule has 0 amide bonds. The van der Waals surface area contributed by atoms with E-state index in [9.17, 15) is 0 Å². The molecule has 0 radical (unpaired) electrons. The predicted molar refractivity (Wildman–Crippen MR) is 131 cm³/mol. The average Bonchev–Trinajstić information content (AvgIpc) is 2.83. The molecule has 1 N–H and O–H groups in total. The summed E-state index contributed by atoms with van der Waals surface area (Å²) in [6.45, 7) is 4.49. The highest BCUT2D eigenvalue weighted by Gasteiger charge is 2.13. The molecule has 0 fully saturated rings. The second-order valence-corrected chi connectivity index (χ2v) is 8.19. The van der Waals surface area contributed by atoms with Gasteiger partial charge in [-0.05, 0) is 59.5 Å². The Morgan fingerprint density at radius 3 is 2.30 bits per heavy atom. The number of nitrogens with zero attached hydrogens (tertiary/aromatic N) is 3. The van der Waals surface area contributed by atoms with Crippen molar-refractivity contribution in [1.29, 1.82) is 0 Å². The first-order valence-corrected chi connectivity index (χ1v) is 10.8. The maximum Gasteiger partial charge on any atom is 0.191 e. The van der Waals surface area contributed by atoms with Crippen molar-refractivity contribution in [3.63, 3.8) is 0 Å². The van der Waals surface area contributed by atoms with Gasteiger partial charge in [0.1, 0.15) is 12.0 Å². The minimum Gasteiger partial charge on any atom is -0.363 e. The molecule has 0 aliphatic rings. The predicted octanol–water partition coefficient (Wildman–Crippen LogP) is 6.73. The standard InChI is InChI=1S/C28H23FN4/c1-18-3-6-23-15-25(10-9-22(23)13-18)27-26(29)28(33-17-32-27)31-16-20-4-7-21(8-5-20)24-11-12-30-19(2)14-24/h3-15,17H,16H2,1-2H3,(H,31,32,33). The number of hydrogen-bond acceptors (Lipinski definition) is 4. The molecule has 5 heteroatoms. The fourth-order valence-electron chi connectivity index (χ4n) is 3.93.